The summed E-state index contributed by atoms with van der Waals surface area (Å²) >= 11 is 0. The van der Waals surface area contributed by atoms with Crippen LogP contribution >= 0.6 is 0 Å². The highest BCUT2D eigenvalue weighted by atomic mass is 16.0. The molecule has 0 aliphatic heterocycles. The maximum Gasteiger partial charge on any atom is 0.0991 e. The number of rotatable bonds is 0. The van der Waals surface area contributed by atoms with Gasteiger partial charge in [0.1, 0.15) is 0 Å². The lowest BCUT2D eigenvalue weighted by Crippen LogP contribution is -1.66. The van der Waals surface area contributed by atoms with Gasteiger partial charge in [0.15, 0.2) is 0 Å². The van der Waals surface area contributed by atoms with Crippen LogP contribution in [0.4, 0.5) is 0 Å². The Morgan fingerprint density at radius 2 is 1.00 bits per heavy atom. The average Bonchev–Trinajstić information content (AvgIpc) is 2.33. The quantitative estimate of drug-likeness (QED) is 0.642. The molecule has 0 aliphatic rings. The van der Waals surface area contributed by atoms with Crippen LogP contribution in [-0.4, -0.2) is 5.48 Å². The van der Waals surface area contributed by atoms with Gasteiger partial charge in [-0.15, -0.1) is 0 Å². The van der Waals surface area contributed by atoms with E-state index in [1.807, 2.05) is 60.7 Å². The molecule has 2 aromatic rings. The summed E-state index contributed by atoms with van der Waals surface area (Å²) in [7, 11) is 0. The predicted molar refractivity (Wildman–Crippen MR) is 61.2 cm³/mol. The summed E-state index contributed by atoms with van der Waals surface area (Å²) in [6.45, 7) is 0. The highest BCUT2D eigenvalue weighted by Crippen LogP contribution is 1.93. The number of nitrogens with zero attached hydrogens (tertiary/aromatic N) is 1. The van der Waals surface area contributed by atoms with Crippen LogP contribution in [0.15, 0.2) is 66.7 Å². The van der Waals surface area contributed by atoms with Crippen LogP contribution in [0.2, 0.25) is 0 Å². The van der Waals surface area contributed by atoms with Gasteiger partial charge in [0.05, 0.1) is 11.6 Å². The summed E-state index contributed by atoms with van der Waals surface area (Å²) in [5.41, 5.74) is 0.715. The van der Waals surface area contributed by atoms with Gasteiger partial charge < -0.3 is 5.48 Å². The normalized spacial score (nSPS) is 7.40. The first kappa shape index (κ1) is 12.9. The Morgan fingerprint density at radius 1 is 0.667 bits per heavy atom. The van der Waals surface area contributed by atoms with Gasteiger partial charge in [-0.3, -0.25) is 0 Å². The number of hydrogen-bond donors (Lipinski definition) is 0. The molecule has 76 valence electrons. The molecule has 0 bridgehead atoms. The van der Waals surface area contributed by atoms with Crippen molar-refractivity contribution in [1.29, 1.82) is 5.26 Å². The maximum atomic E-state index is 8.29. The molecule has 0 aromatic heterocycles. The molecule has 2 N–H and O–H groups in total. The van der Waals surface area contributed by atoms with Crippen molar-refractivity contribution in [3.63, 3.8) is 0 Å². The SMILES string of the molecule is N#Cc1ccccc1.O.c1ccccc1. The standard InChI is InChI=1S/C7H5N.C6H6.H2O/c8-6-7-4-2-1-3-5-7;1-2-4-6-5-3-1;/h1-5H;1-6H;1H2. The molecule has 0 fully saturated rings. The fourth-order valence-corrected chi connectivity index (χ4v) is 0.898. The summed E-state index contributed by atoms with van der Waals surface area (Å²) in [4.78, 5) is 0. The third-order valence-electron chi connectivity index (χ3n) is 1.57. The van der Waals surface area contributed by atoms with Crippen molar-refractivity contribution < 1.29 is 5.48 Å². The molecule has 0 aliphatic carbocycles. The van der Waals surface area contributed by atoms with Crippen molar-refractivity contribution in [1.82, 2.24) is 0 Å². The molecule has 15 heavy (non-hydrogen) atoms. The highest BCUT2D eigenvalue weighted by molar-refractivity contribution is 5.27. The van der Waals surface area contributed by atoms with Crippen molar-refractivity contribution in [3.05, 3.63) is 72.3 Å². The zero-order valence-corrected chi connectivity index (χ0v) is 8.30. The van der Waals surface area contributed by atoms with Crippen LogP contribution in [0.3, 0.4) is 0 Å². The van der Waals surface area contributed by atoms with E-state index in [9.17, 15) is 0 Å². The first-order valence-electron chi connectivity index (χ1n) is 4.38. The minimum absolute atomic E-state index is 0. The first-order valence-corrected chi connectivity index (χ1v) is 4.38. The van der Waals surface area contributed by atoms with Gasteiger partial charge in [-0.25, -0.2) is 0 Å². The van der Waals surface area contributed by atoms with Crippen molar-refractivity contribution in [2.24, 2.45) is 0 Å². The summed E-state index contributed by atoms with van der Waals surface area (Å²) < 4.78 is 0. The average molecular weight is 199 g/mol. The molecule has 0 atom stereocenters. The van der Waals surface area contributed by atoms with Crippen molar-refractivity contribution >= 4 is 0 Å². The van der Waals surface area contributed by atoms with E-state index >= 15 is 0 Å². The molecule has 2 aromatic carbocycles. The second-order valence-corrected chi connectivity index (χ2v) is 2.63. The molecular formula is C13H13NO. The molecule has 0 amide bonds. The Labute approximate surface area is 89.7 Å². The smallest absolute Gasteiger partial charge is 0.0991 e. The lowest BCUT2D eigenvalue weighted by molar-refractivity contribution is 0.824. The van der Waals surface area contributed by atoms with E-state index in [0.717, 1.165) is 0 Å². The van der Waals surface area contributed by atoms with Crippen LogP contribution in [0.25, 0.3) is 0 Å². The molecule has 2 rings (SSSR count). The van der Waals surface area contributed by atoms with E-state index in [0.29, 0.717) is 5.56 Å². The monoisotopic (exact) mass is 199 g/mol. The highest BCUT2D eigenvalue weighted by Gasteiger charge is 1.79. The zero-order valence-electron chi connectivity index (χ0n) is 8.30. The Bertz CT molecular complexity index is 352. The summed E-state index contributed by atoms with van der Waals surface area (Å²) in [5.74, 6) is 0. The lowest BCUT2D eigenvalue weighted by atomic mass is 10.2. The summed E-state index contributed by atoms with van der Waals surface area (Å²) in [6, 6.07) is 23.2. The fourth-order valence-electron chi connectivity index (χ4n) is 0.898. The van der Waals surface area contributed by atoms with Crippen molar-refractivity contribution in [3.8, 4) is 6.07 Å². The van der Waals surface area contributed by atoms with Crippen LogP contribution < -0.4 is 0 Å². The largest absolute Gasteiger partial charge is 0.412 e. The second-order valence-electron chi connectivity index (χ2n) is 2.63. The molecule has 2 nitrogen and oxygen atoms in total. The Morgan fingerprint density at radius 3 is 1.27 bits per heavy atom. The van der Waals surface area contributed by atoms with E-state index < -0.39 is 0 Å². The van der Waals surface area contributed by atoms with Crippen LogP contribution in [0, 0.1) is 11.3 Å². The fraction of sp³-hybridized carbons (Fsp3) is 0. The Kier molecular flexibility index (Phi) is 7.29. The molecule has 0 spiro atoms. The lowest BCUT2D eigenvalue weighted by Gasteiger charge is -1.80. The van der Waals surface area contributed by atoms with E-state index in [4.69, 9.17) is 5.26 Å². The molecule has 0 saturated carbocycles. The topological polar surface area (TPSA) is 55.3 Å². The van der Waals surface area contributed by atoms with E-state index in [-0.39, 0.29) is 5.48 Å². The minimum Gasteiger partial charge on any atom is -0.412 e. The third-order valence-corrected chi connectivity index (χ3v) is 1.57. The molecule has 0 radical (unpaired) electrons. The van der Waals surface area contributed by atoms with Gasteiger partial charge >= 0.3 is 0 Å². The number of nitriles is 1. The van der Waals surface area contributed by atoms with Crippen molar-refractivity contribution in [2.45, 2.75) is 0 Å². The van der Waals surface area contributed by atoms with Gasteiger partial charge in [-0.1, -0.05) is 54.6 Å². The van der Waals surface area contributed by atoms with Gasteiger partial charge in [-0.2, -0.15) is 5.26 Å². The van der Waals surface area contributed by atoms with Crippen molar-refractivity contribution in [2.75, 3.05) is 0 Å². The van der Waals surface area contributed by atoms with E-state index in [1.54, 1.807) is 12.1 Å². The summed E-state index contributed by atoms with van der Waals surface area (Å²) in [6.07, 6.45) is 0. The van der Waals surface area contributed by atoms with Gasteiger partial charge in [0.2, 0.25) is 0 Å². The molecule has 2 heteroatoms. The first-order chi connectivity index (χ1) is 6.93. The van der Waals surface area contributed by atoms with Gasteiger partial charge in [-0.05, 0) is 12.1 Å². The van der Waals surface area contributed by atoms with Crippen LogP contribution in [0.5, 0.6) is 0 Å². The number of benzene rings is 2. The van der Waals surface area contributed by atoms with Gasteiger partial charge in [0.25, 0.3) is 0 Å². The molecule has 0 unspecified atom stereocenters. The molecule has 0 heterocycles. The molecular weight excluding hydrogens is 186 g/mol. The van der Waals surface area contributed by atoms with Gasteiger partial charge in [0, 0.05) is 0 Å². The zero-order chi connectivity index (χ0) is 10.1. The summed E-state index contributed by atoms with van der Waals surface area (Å²) in [5, 5.41) is 8.29. The van der Waals surface area contributed by atoms with E-state index in [1.165, 1.54) is 0 Å². The maximum absolute atomic E-state index is 8.29. The minimum atomic E-state index is 0. The molecule has 0 saturated heterocycles. The van der Waals surface area contributed by atoms with Crippen LogP contribution in [0.1, 0.15) is 5.56 Å². The Hall–Kier alpha value is -2.11. The number of hydrogen-bond acceptors (Lipinski definition) is 1. The van der Waals surface area contributed by atoms with E-state index in [2.05, 4.69) is 0 Å². The third kappa shape index (κ3) is 6.03. The second kappa shape index (κ2) is 8.49. The predicted octanol–water partition coefficient (Wildman–Crippen LogP) is 2.42. The van der Waals surface area contributed by atoms with Crippen LogP contribution in [-0.2, 0) is 0 Å². The Balaban J connectivity index is 0.000000253.